The number of rotatable bonds is 10. The first-order chi connectivity index (χ1) is 32.0. The Kier molecular flexibility index (Phi) is 11.0. The highest BCUT2D eigenvalue weighted by Gasteiger charge is 2.51. The van der Waals surface area contributed by atoms with Crippen molar-refractivity contribution in [2.24, 2.45) is 27.2 Å². The van der Waals surface area contributed by atoms with Crippen LogP contribution in [0.2, 0.25) is 0 Å². The average molecular weight is 926 g/mol. The van der Waals surface area contributed by atoms with Crippen molar-refractivity contribution >= 4 is 90.4 Å². The zero-order valence-electron chi connectivity index (χ0n) is 37.3. The molecule has 6 aliphatic rings. The van der Waals surface area contributed by atoms with Gasteiger partial charge in [-0.15, -0.1) is 22.7 Å². The zero-order chi connectivity index (χ0) is 45.3. The van der Waals surface area contributed by atoms with E-state index >= 15 is 0 Å². The summed E-state index contributed by atoms with van der Waals surface area (Å²) in [5, 5.41) is 18.5. The quantitative estimate of drug-likeness (QED) is 0.119. The highest BCUT2D eigenvalue weighted by atomic mass is 32.1. The van der Waals surface area contributed by atoms with Crippen LogP contribution in [0.1, 0.15) is 83.7 Å². The molecule has 340 valence electrons. The van der Waals surface area contributed by atoms with Crippen LogP contribution in [0.3, 0.4) is 0 Å². The largest absolute Gasteiger partial charge is 0.489 e. The molecule has 2 aliphatic carbocycles. The molecule has 2 atom stereocenters. The van der Waals surface area contributed by atoms with E-state index in [1.807, 2.05) is 51.1 Å². The summed E-state index contributed by atoms with van der Waals surface area (Å²) in [6.07, 6.45) is 11.5. The maximum Gasteiger partial charge on any atom is 0.306 e. The van der Waals surface area contributed by atoms with E-state index in [4.69, 9.17) is 14.2 Å². The lowest BCUT2D eigenvalue weighted by Crippen LogP contribution is -2.68. The van der Waals surface area contributed by atoms with Crippen molar-refractivity contribution in [1.82, 2.24) is 24.8 Å². The standard InChI is InChI=1S/C27H29N5O3S.C22H22N4O3S/c1-15(2)35-21-6-18-9-28-8-17(18)5-20(21)31-24-23-19-4-3-16(7-22(19)36-25(23)30-14-29-24)26(33)32-10-27(11-32)12-34-13-27;1-11(2)29-17-6-14-9-23-8-13(14)5-16(17)26-20-19-15-4-3-12(22(27)28)7-18(15)30-21(19)25-10-24-20/h5-6,8,14-16H,3-4,7,9-13H2,1-2H3,(H,29,30,31);5-6,8,10-12H,3-4,7,9H2,1-2H3,(H,27,28)(H,24,25,26). The van der Waals surface area contributed by atoms with Crippen LogP contribution in [0.15, 0.2) is 46.9 Å². The zero-order valence-corrected chi connectivity index (χ0v) is 39.0. The van der Waals surface area contributed by atoms with Crippen LogP contribution >= 0.6 is 22.7 Å². The molecule has 1 amide bonds. The highest BCUT2D eigenvalue weighted by Crippen LogP contribution is 2.45. The number of likely N-dealkylation sites (tertiary alicyclic amines) is 1. The Hall–Kier alpha value is -6.04. The number of fused-ring (bicyclic) bond motifs is 8. The second-order valence-electron chi connectivity index (χ2n) is 18.8. The Bertz CT molecular complexity index is 2980. The summed E-state index contributed by atoms with van der Waals surface area (Å²) in [6.45, 7) is 12.7. The van der Waals surface area contributed by atoms with Gasteiger partial charge in [0.25, 0.3) is 0 Å². The molecule has 2 aromatic carbocycles. The average Bonchev–Trinajstić information content (AvgIpc) is 4.07. The number of nitrogens with zero attached hydrogens (tertiary/aromatic N) is 7. The minimum Gasteiger partial charge on any atom is -0.489 e. The molecule has 6 aromatic rings. The van der Waals surface area contributed by atoms with Crippen molar-refractivity contribution < 1.29 is 28.9 Å². The van der Waals surface area contributed by atoms with E-state index in [9.17, 15) is 14.7 Å². The molecule has 0 saturated carbocycles. The predicted octanol–water partition coefficient (Wildman–Crippen LogP) is 8.46. The molecule has 2 fully saturated rings. The minimum atomic E-state index is -0.724. The monoisotopic (exact) mass is 925 g/mol. The molecule has 3 N–H and O–H groups in total. The minimum absolute atomic E-state index is 0.0400. The summed E-state index contributed by atoms with van der Waals surface area (Å²) in [5.41, 5.74) is 8.94. The lowest BCUT2D eigenvalue weighted by atomic mass is 9.76. The number of aryl methyl sites for hydroxylation is 2. The number of amides is 1. The Labute approximate surface area is 389 Å². The molecular weight excluding hydrogens is 875 g/mol. The number of thiophene rings is 2. The van der Waals surface area contributed by atoms with Crippen LogP contribution < -0.4 is 20.1 Å². The van der Waals surface area contributed by atoms with E-state index < -0.39 is 5.97 Å². The van der Waals surface area contributed by atoms with E-state index in [0.29, 0.717) is 31.8 Å². The lowest BCUT2D eigenvalue weighted by molar-refractivity contribution is -0.197. The molecule has 2 unspecified atom stereocenters. The Morgan fingerprint density at radius 1 is 0.742 bits per heavy atom. The molecule has 8 heterocycles. The number of hydrogen-bond donors (Lipinski definition) is 3. The van der Waals surface area contributed by atoms with Crippen LogP contribution in [-0.2, 0) is 53.1 Å². The number of hydrogen-bond acceptors (Lipinski definition) is 15. The number of aliphatic imine (C=N–C) groups is 2. The van der Waals surface area contributed by atoms with Gasteiger partial charge in [-0.3, -0.25) is 19.6 Å². The first-order valence-electron chi connectivity index (χ1n) is 22.8. The first kappa shape index (κ1) is 42.6. The predicted molar refractivity (Wildman–Crippen MR) is 257 cm³/mol. The summed E-state index contributed by atoms with van der Waals surface area (Å²) in [6, 6.07) is 8.27. The number of anilines is 4. The first-order valence-corrected chi connectivity index (χ1v) is 24.4. The van der Waals surface area contributed by atoms with Crippen molar-refractivity contribution in [2.75, 3.05) is 36.9 Å². The van der Waals surface area contributed by atoms with E-state index in [0.717, 1.165) is 128 Å². The van der Waals surface area contributed by atoms with Gasteiger partial charge in [0, 0.05) is 41.2 Å². The van der Waals surface area contributed by atoms with Crippen molar-refractivity contribution in [3.8, 4) is 11.5 Å². The molecule has 4 aromatic heterocycles. The summed E-state index contributed by atoms with van der Waals surface area (Å²) in [7, 11) is 0. The third kappa shape index (κ3) is 7.93. The fraction of sp³-hybridized carbons (Fsp3) is 0.429. The third-order valence-corrected chi connectivity index (χ3v) is 15.6. The van der Waals surface area contributed by atoms with Gasteiger partial charge < -0.3 is 34.9 Å². The summed E-state index contributed by atoms with van der Waals surface area (Å²) in [4.78, 5) is 57.9. The maximum atomic E-state index is 13.2. The highest BCUT2D eigenvalue weighted by molar-refractivity contribution is 7.19. The number of benzene rings is 2. The number of carboxylic acid groups (broad SMARTS) is 1. The van der Waals surface area contributed by atoms with Crippen LogP contribution in [0, 0.1) is 17.3 Å². The molecule has 15 nitrogen and oxygen atoms in total. The van der Waals surface area contributed by atoms with E-state index in [1.165, 1.54) is 21.6 Å². The van der Waals surface area contributed by atoms with Crippen LogP contribution in [0.5, 0.6) is 11.5 Å². The second-order valence-corrected chi connectivity index (χ2v) is 21.0. The molecular formula is C49H51N9O6S2. The van der Waals surface area contributed by atoms with Crippen LogP contribution in [-0.4, -0.2) is 92.8 Å². The molecule has 17 heteroatoms. The van der Waals surface area contributed by atoms with Crippen molar-refractivity contribution in [1.29, 1.82) is 0 Å². The number of carbonyl (C=O) groups is 2. The normalized spacial score (nSPS) is 19.5. The Morgan fingerprint density at radius 3 is 1.71 bits per heavy atom. The second kappa shape index (κ2) is 17.0. The molecule has 0 radical (unpaired) electrons. The number of aliphatic carboxylic acids is 1. The van der Waals surface area contributed by atoms with Gasteiger partial charge in [-0.25, -0.2) is 19.9 Å². The molecule has 2 saturated heterocycles. The Morgan fingerprint density at radius 2 is 1.24 bits per heavy atom. The number of aromatic nitrogens is 4. The van der Waals surface area contributed by atoms with Gasteiger partial charge in [-0.1, -0.05) is 0 Å². The van der Waals surface area contributed by atoms with Gasteiger partial charge in [0.2, 0.25) is 5.91 Å². The van der Waals surface area contributed by atoms with Crippen molar-refractivity contribution in [3.05, 3.63) is 80.1 Å². The maximum absolute atomic E-state index is 13.2. The third-order valence-electron chi connectivity index (χ3n) is 13.3. The SMILES string of the molecule is CC(C)Oc1cc2c(cc1Nc1ncnc3sc4c(c13)CCC(C(=O)N1CC3(COC3)C1)C4)C=NC2.CC(C)Oc1cc2c(cc1Nc1ncnc3sc4c(c13)CCC(C(=O)O)C4)C=NC2. The molecule has 4 aliphatic heterocycles. The van der Waals surface area contributed by atoms with Gasteiger partial charge in [0.1, 0.15) is 45.5 Å². The fourth-order valence-electron chi connectivity index (χ4n) is 10.0. The van der Waals surface area contributed by atoms with Gasteiger partial charge in [-0.05, 0) is 124 Å². The van der Waals surface area contributed by atoms with E-state index in [-0.39, 0.29) is 29.5 Å². The molecule has 12 rings (SSSR count). The summed E-state index contributed by atoms with van der Waals surface area (Å²) >= 11 is 3.27. The number of carbonyl (C=O) groups excluding carboxylic acids is 1. The van der Waals surface area contributed by atoms with Gasteiger partial charge in [-0.2, -0.15) is 0 Å². The smallest absolute Gasteiger partial charge is 0.306 e. The van der Waals surface area contributed by atoms with E-state index in [2.05, 4.69) is 58.8 Å². The number of carboxylic acids is 1. The summed E-state index contributed by atoms with van der Waals surface area (Å²) < 4.78 is 17.6. The van der Waals surface area contributed by atoms with E-state index in [1.54, 1.807) is 35.3 Å². The molecule has 0 bridgehead atoms. The summed E-state index contributed by atoms with van der Waals surface area (Å²) in [5.74, 6) is 2.41. The van der Waals surface area contributed by atoms with Crippen molar-refractivity contribution in [3.63, 3.8) is 0 Å². The van der Waals surface area contributed by atoms with Crippen LogP contribution in [0.25, 0.3) is 20.4 Å². The molecule has 1 spiro atoms. The molecule has 66 heavy (non-hydrogen) atoms. The van der Waals surface area contributed by atoms with Gasteiger partial charge >= 0.3 is 5.97 Å². The lowest BCUT2D eigenvalue weighted by Gasteiger charge is -2.55. The van der Waals surface area contributed by atoms with Gasteiger partial charge in [0.15, 0.2) is 0 Å². The Balaban J connectivity index is 0.000000148. The van der Waals surface area contributed by atoms with Crippen LogP contribution in [0.4, 0.5) is 23.0 Å². The number of nitrogens with one attached hydrogen (secondary N) is 2. The van der Waals surface area contributed by atoms with Gasteiger partial charge in [0.05, 0.1) is 72.0 Å². The fourth-order valence-corrected chi connectivity index (χ4v) is 12.5. The topological polar surface area (TPSA) is 186 Å². The van der Waals surface area contributed by atoms with Crippen molar-refractivity contribution in [2.45, 2.75) is 91.5 Å². The number of ether oxygens (including phenoxy) is 3.